The molecule has 1 saturated carbocycles. The molecular weight excluding hydrogens is 220 g/mol. The van der Waals surface area contributed by atoms with Crippen molar-refractivity contribution in [1.29, 1.82) is 0 Å². The van der Waals surface area contributed by atoms with Gasteiger partial charge in [-0.25, -0.2) is 0 Å². The highest BCUT2D eigenvalue weighted by Gasteiger charge is 2.45. The SMILES string of the molecule is CC(C)(O)COC1(C)CCC2(CC1)OCCO2. The van der Waals surface area contributed by atoms with Crippen molar-refractivity contribution in [3.63, 3.8) is 0 Å². The number of rotatable bonds is 3. The van der Waals surface area contributed by atoms with Crippen LogP contribution >= 0.6 is 0 Å². The zero-order chi connectivity index (χ0) is 12.6. The van der Waals surface area contributed by atoms with Crippen molar-refractivity contribution in [2.75, 3.05) is 19.8 Å². The second-order valence-corrected chi connectivity index (χ2v) is 6.16. The zero-order valence-electron chi connectivity index (χ0n) is 11.1. The summed E-state index contributed by atoms with van der Waals surface area (Å²) in [6, 6.07) is 0. The van der Waals surface area contributed by atoms with Crippen molar-refractivity contribution in [1.82, 2.24) is 0 Å². The molecule has 1 spiro atoms. The van der Waals surface area contributed by atoms with E-state index in [4.69, 9.17) is 14.2 Å². The largest absolute Gasteiger partial charge is 0.388 e. The third-order valence-corrected chi connectivity index (χ3v) is 3.66. The Morgan fingerprint density at radius 1 is 1.12 bits per heavy atom. The molecule has 1 aliphatic carbocycles. The Hall–Kier alpha value is -0.160. The molecule has 2 rings (SSSR count). The average molecular weight is 244 g/mol. The minimum Gasteiger partial charge on any atom is -0.388 e. The molecule has 0 amide bonds. The molecule has 0 aromatic rings. The second-order valence-electron chi connectivity index (χ2n) is 6.16. The highest BCUT2D eigenvalue weighted by Crippen LogP contribution is 2.41. The minimum absolute atomic E-state index is 0.152. The zero-order valence-corrected chi connectivity index (χ0v) is 11.1. The first-order valence-electron chi connectivity index (χ1n) is 6.47. The van der Waals surface area contributed by atoms with E-state index < -0.39 is 5.60 Å². The standard InChI is InChI=1S/C13H24O4/c1-11(2,14)10-17-12(3)4-6-13(7-5-12)15-8-9-16-13/h14H,4-10H2,1-3H3. The van der Waals surface area contributed by atoms with Crippen LogP contribution in [0.5, 0.6) is 0 Å². The van der Waals surface area contributed by atoms with Gasteiger partial charge in [-0.3, -0.25) is 0 Å². The van der Waals surface area contributed by atoms with Crippen LogP contribution in [0.15, 0.2) is 0 Å². The van der Waals surface area contributed by atoms with Gasteiger partial charge in [0.25, 0.3) is 0 Å². The van der Waals surface area contributed by atoms with E-state index in [1.807, 2.05) is 0 Å². The third-order valence-electron chi connectivity index (χ3n) is 3.66. The Balaban J connectivity index is 1.84. The van der Waals surface area contributed by atoms with E-state index in [2.05, 4.69) is 6.92 Å². The molecule has 0 unspecified atom stereocenters. The number of aliphatic hydroxyl groups is 1. The lowest BCUT2D eigenvalue weighted by atomic mass is 9.82. The van der Waals surface area contributed by atoms with Gasteiger partial charge in [0.15, 0.2) is 5.79 Å². The van der Waals surface area contributed by atoms with Crippen molar-refractivity contribution in [2.24, 2.45) is 0 Å². The van der Waals surface area contributed by atoms with Crippen molar-refractivity contribution >= 4 is 0 Å². The third kappa shape index (κ3) is 3.41. The summed E-state index contributed by atoms with van der Waals surface area (Å²) in [6.07, 6.45) is 3.61. The maximum atomic E-state index is 9.69. The van der Waals surface area contributed by atoms with Crippen LogP contribution in [0.2, 0.25) is 0 Å². The first kappa shape index (κ1) is 13.3. The van der Waals surface area contributed by atoms with Crippen LogP contribution in [0, 0.1) is 0 Å². The summed E-state index contributed by atoms with van der Waals surface area (Å²) in [7, 11) is 0. The van der Waals surface area contributed by atoms with Gasteiger partial charge in [0.05, 0.1) is 31.0 Å². The van der Waals surface area contributed by atoms with Crippen LogP contribution in [0.3, 0.4) is 0 Å². The molecule has 0 aromatic carbocycles. The number of hydrogen-bond acceptors (Lipinski definition) is 4. The number of ether oxygens (including phenoxy) is 3. The monoisotopic (exact) mass is 244 g/mol. The molecule has 2 fully saturated rings. The second kappa shape index (κ2) is 4.50. The smallest absolute Gasteiger partial charge is 0.168 e. The van der Waals surface area contributed by atoms with Gasteiger partial charge in [-0.15, -0.1) is 0 Å². The Kier molecular flexibility index (Phi) is 3.51. The summed E-state index contributed by atoms with van der Waals surface area (Å²) in [5, 5.41) is 9.69. The van der Waals surface area contributed by atoms with Gasteiger partial charge >= 0.3 is 0 Å². The molecular formula is C13H24O4. The summed E-state index contributed by atoms with van der Waals surface area (Å²) in [5.41, 5.74) is -0.918. The molecule has 100 valence electrons. The molecule has 0 aromatic heterocycles. The Bertz CT molecular complexity index is 253. The molecule has 4 heteroatoms. The summed E-state index contributed by atoms with van der Waals surface area (Å²) in [5.74, 6) is -0.336. The topological polar surface area (TPSA) is 47.9 Å². The van der Waals surface area contributed by atoms with Crippen molar-refractivity contribution < 1.29 is 19.3 Å². The fourth-order valence-electron chi connectivity index (χ4n) is 2.44. The van der Waals surface area contributed by atoms with E-state index in [0.717, 1.165) is 25.7 Å². The van der Waals surface area contributed by atoms with Crippen LogP contribution in [-0.4, -0.2) is 41.9 Å². The lowest BCUT2D eigenvalue weighted by Gasteiger charge is -2.42. The quantitative estimate of drug-likeness (QED) is 0.823. The average Bonchev–Trinajstić information content (AvgIpc) is 2.69. The van der Waals surface area contributed by atoms with Crippen LogP contribution < -0.4 is 0 Å². The maximum Gasteiger partial charge on any atom is 0.168 e. The van der Waals surface area contributed by atoms with Crippen molar-refractivity contribution in [3.8, 4) is 0 Å². The Morgan fingerprint density at radius 2 is 1.65 bits per heavy atom. The fraction of sp³-hybridized carbons (Fsp3) is 1.00. The van der Waals surface area contributed by atoms with Crippen molar-refractivity contribution in [2.45, 2.75) is 63.4 Å². The van der Waals surface area contributed by atoms with Gasteiger partial charge in [-0.2, -0.15) is 0 Å². The predicted octanol–water partition coefficient (Wildman–Crippen LogP) is 1.85. The highest BCUT2D eigenvalue weighted by atomic mass is 16.7. The molecule has 4 nitrogen and oxygen atoms in total. The Morgan fingerprint density at radius 3 is 2.12 bits per heavy atom. The van der Waals surface area contributed by atoms with E-state index in [9.17, 15) is 5.11 Å². The van der Waals surface area contributed by atoms with E-state index in [-0.39, 0.29) is 11.4 Å². The molecule has 0 atom stereocenters. The lowest BCUT2D eigenvalue weighted by Crippen LogP contribution is -2.45. The maximum absolute atomic E-state index is 9.69. The summed E-state index contributed by atoms with van der Waals surface area (Å²) in [4.78, 5) is 0. The van der Waals surface area contributed by atoms with Gasteiger partial charge < -0.3 is 19.3 Å². The lowest BCUT2D eigenvalue weighted by molar-refractivity contribution is -0.213. The molecule has 0 radical (unpaired) electrons. The van der Waals surface area contributed by atoms with Crippen molar-refractivity contribution in [3.05, 3.63) is 0 Å². The van der Waals surface area contributed by atoms with Crippen LogP contribution in [0.4, 0.5) is 0 Å². The highest BCUT2D eigenvalue weighted by molar-refractivity contribution is 4.90. The normalized spacial score (nSPS) is 27.5. The molecule has 1 saturated heterocycles. The molecule has 1 aliphatic heterocycles. The summed E-state index contributed by atoms with van der Waals surface area (Å²) < 4.78 is 17.3. The molecule has 17 heavy (non-hydrogen) atoms. The van der Waals surface area contributed by atoms with Gasteiger partial charge in [-0.1, -0.05) is 0 Å². The van der Waals surface area contributed by atoms with Gasteiger partial charge in [0.2, 0.25) is 0 Å². The van der Waals surface area contributed by atoms with E-state index in [1.54, 1.807) is 13.8 Å². The number of hydrogen-bond donors (Lipinski definition) is 1. The van der Waals surface area contributed by atoms with Gasteiger partial charge in [-0.05, 0) is 33.6 Å². The molecule has 2 aliphatic rings. The van der Waals surface area contributed by atoms with Crippen LogP contribution in [0.25, 0.3) is 0 Å². The fourth-order valence-corrected chi connectivity index (χ4v) is 2.44. The minimum atomic E-state index is -0.765. The summed E-state index contributed by atoms with van der Waals surface area (Å²) >= 11 is 0. The predicted molar refractivity (Wildman–Crippen MR) is 63.8 cm³/mol. The van der Waals surface area contributed by atoms with E-state index in [0.29, 0.717) is 19.8 Å². The van der Waals surface area contributed by atoms with Gasteiger partial charge in [0, 0.05) is 12.8 Å². The molecule has 0 bridgehead atoms. The molecule has 1 N–H and O–H groups in total. The van der Waals surface area contributed by atoms with Crippen LogP contribution in [0.1, 0.15) is 46.5 Å². The molecule has 1 heterocycles. The first-order valence-corrected chi connectivity index (χ1v) is 6.47. The van der Waals surface area contributed by atoms with Crippen LogP contribution in [-0.2, 0) is 14.2 Å². The Labute approximate surface area is 103 Å². The van der Waals surface area contributed by atoms with Gasteiger partial charge in [0.1, 0.15) is 0 Å². The summed E-state index contributed by atoms with van der Waals surface area (Å²) in [6.45, 7) is 7.44. The van der Waals surface area contributed by atoms with E-state index in [1.165, 1.54) is 0 Å². The first-order chi connectivity index (χ1) is 7.83. The van der Waals surface area contributed by atoms with E-state index >= 15 is 0 Å².